The molecule has 2 N–H and O–H groups in total. The van der Waals surface area contributed by atoms with Crippen LogP contribution in [0.3, 0.4) is 0 Å². The first-order valence-electron chi connectivity index (χ1n) is 4.51. The molecule has 0 heterocycles. The Kier molecular flexibility index (Phi) is 4.90. The molecule has 0 saturated heterocycles. The van der Waals surface area contributed by atoms with Gasteiger partial charge in [0.1, 0.15) is 0 Å². The molecule has 7 nitrogen and oxygen atoms in total. The summed E-state index contributed by atoms with van der Waals surface area (Å²) in [5.41, 5.74) is 6.15. The first-order chi connectivity index (χ1) is 6.78. The number of nitrogens with one attached hydrogen (secondary N) is 1. The van der Waals surface area contributed by atoms with E-state index in [0.29, 0.717) is 5.01 Å². The molecule has 0 radical (unpaired) electrons. The fourth-order valence-electron chi connectivity index (χ4n) is 0.804. The molecule has 0 aromatic rings. The van der Waals surface area contributed by atoms with Gasteiger partial charge in [-0.3, -0.25) is 0 Å². The summed E-state index contributed by atoms with van der Waals surface area (Å²) in [6.07, 6.45) is -1.25. The van der Waals surface area contributed by atoms with Crippen molar-refractivity contribution in [1.29, 1.82) is 5.53 Å². The second-order valence-corrected chi connectivity index (χ2v) is 4.09. The van der Waals surface area contributed by atoms with Gasteiger partial charge in [-0.15, -0.1) is 0 Å². The van der Waals surface area contributed by atoms with Crippen LogP contribution in [0.15, 0.2) is 5.22 Å². The van der Waals surface area contributed by atoms with Crippen LogP contribution in [0.2, 0.25) is 0 Å². The van der Waals surface area contributed by atoms with E-state index in [1.807, 2.05) is 20.8 Å². The van der Waals surface area contributed by atoms with Gasteiger partial charge in [0, 0.05) is 0 Å². The minimum atomic E-state index is -1.25. The predicted octanol–water partition coefficient (Wildman–Crippen LogP) is 1.64. The molecule has 1 atom stereocenters. The summed E-state index contributed by atoms with van der Waals surface area (Å²) < 4.78 is 5.40. The molecule has 0 aromatic carbocycles. The fourth-order valence-corrected chi connectivity index (χ4v) is 0.804. The molecule has 0 bridgehead atoms. The topological polar surface area (TPSA) is 100 Å². The third-order valence-corrected chi connectivity index (χ3v) is 1.51. The third kappa shape index (κ3) is 5.77. The molecule has 1 unspecified atom stereocenters. The molecule has 0 fully saturated rings. The largest absolute Gasteiger partial charge is 0.526 e. The van der Waals surface area contributed by atoms with Crippen LogP contribution in [-0.4, -0.2) is 34.5 Å². The SMILES string of the molecule is CC(COC(C)(C)C)N(N=[N+]=N)C(=O)O. The number of carbonyl (C=O) groups is 1. The molecule has 7 heteroatoms. The van der Waals surface area contributed by atoms with Crippen LogP contribution in [0.25, 0.3) is 0 Å². The number of hydrogen-bond acceptors (Lipinski definition) is 4. The van der Waals surface area contributed by atoms with Gasteiger partial charge in [-0.1, -0.05) is 0 Å². The lowest BCUT2D eigenvalue weighted by atomic mass is 10.2. The summed E-state index contributed by atoms with van der Waals surface area (Å²) in [7, 11) is 0. The summed E-state index contributed by atoms with van der Waals surface area (Å²) in [5, 5.41) is 12.6. The summed E-state index contributed by atoms with van der Waals surface area (Å²) >= 11 is 0. The molecular formula is C8H17N4O3+. The van der Waals surface area contributed by atoms with Gasteiger partial charge >= 0.3 is 6.09 Å². The maximum Gasteiger partial charge on any atom is 0.526 e. The molecule has 0 spiro atoms. The van der Waals surface area contributed by atoms with Crippen molar-refractivity contribution < 1.29 is 14.6 Å². The summed E-state index contributed by atoms with van der Waals surface area (Å²) in [6, 6.07) is -0.476. The number of nitrogens with zero attached hydrogens (tertiary/aromatic N) is 3. The van der Waals surface area contributed by atoms with E-state index in [0.717, 1.165) is 0 Å². The molecule has 0 aliphatic heterocycles. The lowest BCUT2D eigenvalue weighted by Gasteiger charge is -2.21. The van der Waals surface area contributed by atoms with Crippen LogP contribution in [0, 0.1) is 5.53 Å². The molecular weight excluding hydrogens is 200 g/mol. The van der Waals surface area contributed by atoms with E-state index in [4.69, 9.17) is 15.4 Å². The van der Waals surface area contributed by atoms with Gasteiger partial charge in [0.2, 0.25) is 5.22 Å². The van der Waals surface area contributed by atoms with Crippen molar-refractivity contribution >= 4 is 6.09 Å². The number of rotatable bonds is 4. The predicted molar refractivity (Wildman–Crippen MR) is 52.3 cm³/mol. The van der Waals surface area contributed by atoms with Crippen molar-refractivity contribution in [2.75, 3.05) is 6.61 Å². The normalized spacial score (nSPS) is 12.8. The van der Waals surface area contributed by atoms with Crippen molar-refractivity contribution in [3.8, 4) is 0 Å². The smallest absolute Gasteiger partial charge is 0.445 e. The molecule has 0 rings (SSSR count). The lowest BCUT2D eigenvalue weighted by Crippen LogP contribution is -2.38. The monoisotopic (exact) mass is 217 g/mol. The van der Waals surface area contributed by atoms with Crippen molar-refractivity contribution in [3.63, 3.8) is 0 Å². The quantitative estimate of drug-likeness (QED) is 0.425. The van der Waals surface area contributed by atoms with Crippen LogP contribution < -0.4 is 4.91 Å². The Morgan fingerprint density at radius 3 is 2.53 bits per heavy atom. The molecule has 0 aliphatic rings. The molecule has 15 heavy (non-hydrogen) atoms. The van der Waals surface area contributed by atoms with Crippen molar-refractivity contribution in [2.24, 2.45) is 5.22 Å². The van der Waals surface area contributed by atoms with Crippen molar-refractivity contribution in [2.45, 2.75) is 39.3 Å². The second kappa shape index (κ2) is 5.43. The summed E-state index contributed by atoms with van der Waals surface area (Å²) in [5.74, 6) is 0. The Morgan fingerprint density at radius 2 is 2.20 bits per heavy atom. The van der Waals surface area contributed by atoms with Gasteiger partial charge in [-0.2, -0.15) is 4.79 Å². The Hall–Kier alpha value is -1.46. The lowest BCUT2D eigenvalue weighted by molar-refractivity contribution is -0.0301. The molecule has 0 saturated carbocycles. The highest BCUT2D eigenvalue weighted by molar-refractivity contribution is 5.64. The number of amides is 1. The van der Waals surface area contributed by atoms with E-state index in [1.165, 1.54) is 0 Å². The first kappa shape index (κ1) is 13.5. The van der Waals surface area contributed by atoms with Gasteiger partial charge < -0.3 is 9.84 Å². The highest BCUT2D eigenvalue weighted by atomic mass is 16.5. The zero-order chi connectivity index (χ0) is 12.1. The molecule has 1 amide bonds. The number of ether oxygens (including phenoxy) is 1. The second-order valence-electron chi connectivity index (χ2n) is 4.09. The van der Waals surface area contributed by atoms with Crippen LogP contribution in [0.4, 0.5) is 4.79 Å². The Labute approximate surface area is 88.2 Å². The summed E-state index contributed by atoms with van der Waals surface area (Å²) in [4.78, 5) is 13.4. The van der Waals surface area contributed by atoms with Crippen LogP contribution >= 0.6 is 0 Å². The Bertz CT molecular complexity index is 266. The first-order valence-corrected chi connectivity index (χ1v) is 4.51. The molecule has 86 valence electrons. The van der Waals surface area contributed by atoms with Gasteiger partial charge in [0.15, 0.2) is 6.04 Å². The Balaban J connectivity index is 4.33. The minimum Gasteiger partial charge on any atom is -0.445 e. The van der Waals surface area contributed by atoms with E-state index in [1.54, 1.807) is 6.92 Å². The van der Waals surface area contributed by atoms with E-state index < -0.39 is 12.1 Å². The highest BCUT2D eigenvalue weighted by Crippen LogP contribution is 2.09. The van der Waals surface area contributed by atoms with E-state index in [9.17, 15) is 4.79 Å². The number of carboxylic acid groups (broad SMARTS) is 1. The third-order valence-electron chi connectivity index (χ3n) is 1.51. The standard InChI is InChI=1S/C8H16N4O3/c1-6(5-15-8(2,3)4)12(7(13)14)11-10-9/h6,9H,5H2,1-4H3/p+1. The maximum absolute atomic E-state index is 10.7. The zero-order valence-electron chi connectivity index (χ0n) is 9.39. The molecule has 0 aliphatic carbocycles. The minimum absolute atomic E-state index is 0.203. The Morgan fingerprint density at radius 1 is 1.67 bits per heavy atom. The summed E-state index contributed by atoms with van der Waals surface area (Å²) in [6.45, 7) is 7.45. The van der Waals surface area contributed by atoms with E-state index in [-0.39, 0.29) is 12.2 Å². The van der Waals surface area contributed by atoms with Gasteiger partial charge in [0.05, 0.1) is 17.1 Å². The van der Waals surface area contributed by atoms with Crippen LogP contribution in [0.1, 0.15) is 27.7 Å². The average Bonchev–Trinajstić information content (AvgIpc) is 2.08. The van der Waals surface area contributed by atoms with Crippen molar-refractivity contribution in [1.82, 2.24) is 9.92 Å². The van der Waals surface area contributed by atoms with Crippen LogP contribution in [0.5, 0.6) is 0 Å². The molecule has 0 aromatic heterocycles. The van der Waals surface area contributed by atoms with Crippen molar-refractivity contribution in [3.05, 3.63) is 0 Å². The van der Waals surface area contributed by atoms with E-state index >= 15 is 0 Å². The number of hydrogen-bond donors (Lipinski definition) is 2. The van der Waals surface area contributed by atoms with Gasteiger partial charge in [-0.25, -0.2) is 0 Å². The van der Waals surface area contributed by atoms with E-state index in [2.05, 4.69) is 10.1 Å². The van der Waals surface area contributed by atoms with Gasteiger partial charge in [-0.05, 0) is 38.2 Å². The van der Waals surface area contributed by atoms with Gasteiger partial charge in [0.25, 0.3) is 0 Å². The highest BCUT2D eigenvalue weighted by Gasteiger charge is 2.29. The maximum atomic E-state index is 10.7. The zero-order valence-corrected chi connectivity index (χ0v) is 9.39. The average molecular weight is 217 g/mol. The fraction of sp³-hybridized carbons (Fsp3) is 0.875. The van der Waals surface area contributed by atoms with Crippen LogP contribution in [-0.2, 0) is 4.74 Å².